The lowest BCUT2D eigenvalue weighted by Gasteiger charge is -2.13. The SMILES string of the molecule is Cc1ccc(C)c(C(Cl)C2CC2C)c1. The summed E-state index contributed by atoms with van der Waals surface area (Å²) in [5, 5.41) is 0.227. The van der Waals surface area contributed by atoms with Crippen molar-refractivity contribution in [2.24, 2.45) is 11.8 Å². The fraction of sp³-hybridized carbons (Fsp3) is 0.538. The predicted molar refractivity (Wildman–Crippen MR) is 61.8 cm³/mol. The third-order valence-corrected chi connectivity index (χ3v) is 3.84. The standard InChI is InChI=1S/C13H17Cl/c1-8-4-5-9(2)11(6-8)13(14)12-7-10(12)3/h4-6,10,12-13H,7H2,1-3H3. The lowest BCUT2D eigenvalue weighted by molar-refractivity contribution is 0.718. The van der Waals surface area contributed by atoms with Gasteiger partial charge in [-0.2, -0.15) is 0 Å². The number of rotatable bonds is 2. The maximum atomic E-state index is 6.48. The van der Waals surface area contributed by atoms with Crippen LogP contribution >= 0.6 is 11.6 Å². The topological polar surface area (TPSA) is 0 Å². The molecule has 0 bridgehead atoms. The summed E-state index contributed by atoms with van der Waals surface area (Å²) in [4.78, 5) is 0. The molecular formula is C13H17Cl. The number of aryl methyl sites for hydroxylation is 2. The number of hydrogen-bond acceptors (Lipinski definition) is 0. The van der Waals surface area contributed by atoms with E-state index in [9.17, 15) is 0 Å². The van der Waals surface area contributed by atoms with Crippen molar-refractivity contribution in [3.8, 4) is 0 Å². The zero-order chi connectivity index (χ0) is 10.3. The Balaban J connectivity index is 2.26. The fourth-order valence-corrected chi connectivity index (χ4v) is 2.63. The second kappa shape index (κ2) is 3.58. The van der Waals surface area contributed by atoms with E-state index >= 15 is 0 Å². The van der Waals surface area contributed by atoms with Gasteiger partial charge in [0.1, 0.15) is 0 Å². The van der Waals surface area contributed by atoms with Gasteiger partial charge in [-0.05, 0) is 43.2 Å². The average Bonchev–Trinajstić information content (AvgIpc) is 2.86. The van der Waals surface area contributed by atoms with Gasteiger partial charge in [-0.25, -0.2) is 0 Å². The molecule has 14 heavy (non-hydrogen) atoms. The predicted octanol–water partition coefficient (Wildman–Crippen LogP) is 4.24. The highest BCUT2D eigenvalue weighted by molar-refractivity contribution is 6.21. The van der Waals surface area contributed by atoms with Crippen molar-refractivity contribution in [1.29, 1.82) is 0 Å². The molecule has 1 aliphatic carbocycles. The van der Waals surface area contributed by atoms with E-state index in [1.807, 2.05) is 0 Å². The van der Waals surface area contributed by atoms with E-state index in [1.165, 1.54) is 23.1 Å². The first-order valence-electron chi connectivity index (χ1n) is 5.31. The highest BCUT2D eigenvalue weighted by atomic mass is 35.5. The van der Waals surface area contributed by atoms with Gasteiger partial charge in [0.25, 0.3) is 0 Å². The van der Waals surface area contributed by atoms with Crippen molar-refractivity contribution in [2.75, 3.05) is 0 Å². The number of halogens is 1. The van der Waals surface area contributed by atoms with Gasteiger partial charge in [0.05, 0.1) is 5.38 Å². The second-order valence-electron chi connectivity index (χ2n) is 4.64. The first kappa shape index (κ1) is 10.0. The van der Waals surface area contributed by atoms with Crippen LogP contribution in [0.4, 0.5) is 0 Å². The summed E-state index contributed by atoms with van der Waals surface area (Å²) in [7, 11) is 0. The molecule has 0 aliphatic heterocycles. The monoisotopic (exact) mass is 208 g/mol. The third-order valence-electron chi connectivity index (χ3n) is 3.28. The molecule has 1 fully saturated rings. The van der Waals surface area contributed by atoms with E-state index in [4.69, 9.17) is 11.6 Å². The third kappa shape index (κ3) is 1.81. The van der Waals surface area contributed by atoms with Crippen LogP contribution in [-0.4, -0.2) is 0 Å². The van der Waals surface area contributed by atoms with Crippen LogP contribution in [0.2, 0.25) is 0 Å². The smallest absolute Gasteiger partial charge is 0.0618 e. The van der Waals surface area contributed by atoms with Crippen LogP contribution in [-0.2, 0) is 0 Å². The maximum Gasteiger partial charge on any atom is 0.0618 e. The van der Waals surface area contributed by atoms with E-state index in [1.54, 1.807) is 0 Å². The van der Waals surface area contributed by atoms with Crippen LogP contribution in [0.5, 0.6) is 0 Å². The summed E-state index contributed by atoms with van der Waals surface area (Å²) in [5.74, 6) is 1.52. The van der Waals surface area contributed by atoms with Gasteiger partial charge in [0.2, 0.25) is 0 Å². The molecule has 76 valence electrons. The van der Waals surface area contributed by atoms with Crippen molar-refractivity contribution >= 4 is 11.6 Å². The van der Waals surface area contributed by atoms with Crippen molar-refractivity contribution in [1.82, 2.24) is 0 Å². The number of benzene rings is 1. The molecular weight excluding hydrogens is 192 g/mol. The van der Waals surface area contributed by atoms with E-state index < -0.39 is 0 Å². The van der Waals surface area contributed by atoms with Crippen molar-refractivity contribution in [3.05, 3.63) is 34.9 Å². The molecule has 1 saturated carbocycles. The van der Waals surface area contributed by atoms with Gasteiger partial charge in [0, 0.05) is 0 Å². The van der Waals surface area contributed by atoms with E-state index in [0.29, 0.717) is 5.92 Å². The normalized spacial score (nSPS) is 27.4. The van der Waals surface area contributed by atoms with Gasteiger partial charge in [-0.15, -0.1) is 11.6 Å². The van der Waals surface area contributed by atoms with Crippen LogP contribution in [0.25, 0.3) is 0 Å². The van der Waals surface area contributed by atoms with E-state index in [-0.39, 0.29) is 5.38 Å². The molecule has 1 aromatic rings. The molecule has 0 heterocycles. The second-order valence-corrected chi connectivity index (χ2v) is 5.11. The molecule has 0 N–H and O–H groups in total. The quantitative estimate of drug-likeness (QED) is 0.638. The number of hydrogen-bond donors (Lipinski definition) is 0. The first-order valence-corrected chi connectivity index (χ1v) is 5.74. The summed E-state index contributed by atoms with van der Waals surface area (Å²) in [6.07, 6.45) is 1.29. The largest absolute Gasteiger partial charge is 0.118 e. The first-order chi connectivity index (χ1) is 6.59. The summed E-state index contributed by atoms with van der Waals surface area (Å²) in [6, 6.07) is 6.56. The Bertz CT molecular complexity index is 343. The molecule has 0 nitrogen and oxygen atoms in total. The zero-order valence-corrected chi connectivity index (χ0v) is 9.81. The molecule has 3 unspecified atom stereocenters. The Labute approximate surface area is 91.3 Å². The van der Waals surface area contributed by atoms with Gasteiger partial charge in [-0.1, -0.05) is 30.7 Å². The number of alkyl halides is 1. The Morgan fingerprint density at radius 3 is 2.57 bits per heavy atom. The van der Waals surface area contributed by atoms with Gasteiger partial charge in [0.15, 0.2) is 0 Å². The van der Waals surface area contributed by atoms with Gasteiger partial charge >= 0.3 is 0 Å². The summed E-state index contributed by atoms with van der Waals surface area (Å²) < 4.78 is 0. The lowest BCUT2D eigenvalue weighted by atomic mass is 9.99. The highest BCUT2D eigenvalue weighted by Crippen LogP contribution is 2.50. The molecule has 0 radical (unpaired) electrons. The van der Waals surface area contributed by atoms with Crippen LogP contribution in [0.15, 0.2) is 18.2 Å². The molecule has 0 saturated heterocycles. The molecule has 1 aromatic carbocycles. The van der Waals surface area contributed by atoms with Gasteiger partial charge in [-0.3, -0.25) is 0 Å². The van der Waals surface area contributed by atoms with Crippen molar-refractivity contribution in [3.63, 3.8) is 0 Å². The van der Waals surface area contributed by atoms with E-state index in [2.05, 4.69) is 39.0 Å². The van der Waals surface area contributed by atoms with Crippen LogP contribution in [0, 0.1) is 25.7 Å². The Morgan fingerprint density at radius 2 is 2.00 bits per heavy atom. The Morgan fingerprint density at radius 1 is 1.36 bits per heavy atom. The molecule has 3 atom stereocenters. The van der Waals surface area contributed by atoms with Crippen LogP contribution < -0.4 is 0 Å². The van der Waals surface area contributed by atoms with Crippen molar-refractivity contribution in [2.45, 2.75) is 32.6 Å². The van der Waals surface area contributed by atoms with Crippen LogP contribution in [0.3, 0.4) is 0 Å². The van der Waals surface area contributed by atoms with Gasteiger partial charge < -0.3 is 0 Å². The maximum absolute atomic E-state index is 6.48. The zero-order valence-electron chi connectivity index (χ0n) is 9.05. The summed E-state index contributed by atoms with van der Waals surface area (Å²) in [6.45, 7) is 6.56. The fourth-order valence-electron chi connectivity index (χ4n) is 2.05. The minimum atomic E-state index is 0.227. The summed E-state index contributed by atoms with van der Waals surface area (Å²) >= 11 is 6.48. The van der Waals surface area contributed by atoms with E-state index in [0.717, 1.165) is 5.92 Å². The average molecular weight is 209 g/mol. The summed E-state index contributed by atoms with van der Waals surface area (Å²) in [5.41, 5.74) is 3.97. The molecule has 1 aliphatic rings. The molecule has 2 rings (SSSR count). The molecule has 0 amide bonds. The Kier molecular flexibility index (Phi) is 2.57. The lowest BCUT2D eigenvalue weighted by Crippen LogP contribution is -1.98. The Hall–Kier alpha value is -0.490. The van der Waals surface area contributed by atoms with Crippen LogP contribution in [0.1, 0.15) is 35.4 Å². The molecule has 1 heteroatoms. The minimum Gasteiger partial charge on any atom is -0.118 e. The molecule has 0 aromatic heterocycles. The highest BCUT2D eigenvalue weighted by Gasteiger charge is 2.39. The molecule has 0 spiro atoms. The minimum absolute atomic E-state index is 0.227. The van der Waals surface area contributed by atoms with Crippen molar-refractivity contribution < 1.29 is 0 Å².